The van der Waals surface area contributed by atoms with Crippen LogP contribution in [0, 0.1) is 10.8 Å². The molecule has 4 atom stereocenters. The number of esters is 2. The molecule has 0 spiro atoms. The molecule has 0 bridgehead atoms. The molecule has 2 N–H and O–H groups in total. The summed E-state index contributed by atoms with van der Waals surface area (Å²) in [6.07, 6.45) is 29.9. The Morgan fingerprint density at radius 3 is 1.58 bits per heavy atom. The van der Waals surface area contributed by atoms with Gasteiger partial charge in [-0.05, 0) is 71.4 Å². The minimum Gasteiger partial charge on any atom is -0.462 e. The van der Waals surface area contributed by atoms with Crippen LogP contribution in [0.25, 0.3) is 0 Å². The molecule has 0 amide bonds. The molecule has 0 aromatic carbocycles. The zero-order valence-electron chi connectivity index (χ0n) is 32.6. The highest BCUT2D eigenvalue weighted by atomic mass is 16.5. The summed E-state index contributed by atoms with van der Waals surface area (Å²) in [7, 11) is 0. The monoisotopic (exact) mass is 686 g/mol. The van der Waals surface area contributed by atoms with E-state index in [4.69, 9.17) is 9.47 Å². The molecular weight excluding hydrogens is 624 g/mol. The third-order valence-corrected chi connectivity index (χ3v) is 9.71. The second-order valence-corrected chi connectivity index (χ2v) is 15.7. The Labute approximate surface area is 302 Å². The number of hydrogen-bond donors (Lipinski definition) is 2. The standard InChI is InChI=1S/C44H62O6/c1-31(19-15-21-33(3)23-24-40-35(5)27-38(49-36(6)45)28-41(40,8)9)17-13-14-18-32(2)20-16-22-34(4)25-26-44(48)42(10,11)29-39(50-37(7)46)30-43(44,12)47/h13-26,38-39,47-48H,27-30H2,1-12H3. The second-order valence-electron chi connectivity index (χ2n) is 15.7. The highest BCUT2D eigenvalue weighted by Crippen LogP contribution is 2.51. The number of carbonyl (C=O) groups is 2. The summed E-state index contributed by atoms with van der Waals surface area (Å²) in [4.78, 5) is 22.9. The van der Waals surface area contributed by atoms with E-state index in [2.05, 4.69) is 71.1 Å². The van der Waals surface area contributed by atoms with Crippen molar-refractivity contribution in [1.82, 2.24) is 0 Å². The van der Waals surface area contributed by atoms with E-state index in [0.29, 0.717) is 6.42 Å². The molecule has 4 unspecified atom stereocenters. The molecule has 0 radical (unpaired) electrons. The lowest BCUT2D eigenvalue weighted by Crippen LogP contribution is -2.65. The summed E-state index contributed by atoms with van der Waals surface area (Å²) >= 11 is 0. The van der Waals surface area contributed by atoms with Crippen molar-refractivity contribution >= 4 is 11.9 Å². The Bertz CT molecular complexity index is 1530. The third-order valence-electron chi connectivity index (χ3n) is 9.71. The van der Waals surface area contributed by atoms with E-state index >= 15 is 0 Å². The fourth-order valence-corrected chi connectivity index (χ4v) is 7.12. The zero-order chi connectivity index (χ0) is 37.9. The molecule has 0 aromatic heterocycles. The Morgan fingerprint density at radius 2 is 1.10 bits per heavy atom. The maximum atomic E-state index is 11.6. The molecule has 0 saturated heterocycles. The van der Waals surface area contributed by atoms with Crippen molar-refractivity contribution in [2.75, 3.05) is 0 Å². The van der Waals surface area contributed by atoms with Crippen LogP contribution in [0.5, 0.6) is 0 Å². The van der Waals surface area contributed by atoms with Crippen LogP contribution in [0.4, 0.5) is 0 Å². The molecule has 0 aromatic rings. The number of aliphatic hydroxyl groups is 2. The first-order valence-corrected chi connectivity index (χ1v) is 17.7. The van der Waals surface area contributed by atoms with Crippen LogP contribution >= 0.6 is 0 Å². The van der Waals surface area contributed by atoms with Gasteiger partial charge in [-0.1, -0.05) is 135 Å². The van der Waals surface area contributed by atoms with Crippen molar-refractivity contribution in [2.45, 2.75) is 132 Å². The van der Waals surface area contributed by atoms with Gasteiger partial charge in [-0.15, -0.1) is 0 Å². The molecule has 2 rings (SSSR count). The van der Waals surface area contributed by atoms with Gasteiger partial charge in [0.2, 0.25) is 0 Å². The number of rotatable bonds is 12. The Morgan fingerprint density at radius 1 is 0.640 bits per heavy atom. The van der Waals surface area contributed by atoms with Gasteiger partial charge in [0.15, 0.2) is 0 Å². The quantitative estimate of drug-likeness (QED) is 0.157. The van der Waals surface area contributed by atoms with Crippen molar-refractivity contribution < 1.29 is 29.3 Å². The lowest BCUT2D eigenvalue weighted by molar-refractivity contribution is -0.222. The Hall–Kier alpha value is -3.74. The molecule has 0 heterocycles. The molecule has 6 nitrogen and oxygen atoms in total. The zero-order valence-corrected chi connectivity index (χ0v) is 32.6. The summed E-state index contributed by atoms with van der Waals surface area (Å²) in [6, 6.07) is 0. The predicted octanol–water partition coefficient (Wildman–Crippen LogP) is 9.85. The minimum atomic E-state index is -1.49. The van der Waals surface area contributed by atoms with Crippen molar-refractivity contribution in [3.63, 3.8) is 0 Å². The maximum Gasteiger partial charge on any atom is 0.302 e. The first-order chi connectivity index (χ1) is 23.1. The first kappa shape index (κ1) is 42.4. The molecular formula is C44H62O6. The number of carbonyl (C=O) groups excluding carboxylic acids is 2. The van der Waals surface area contributed by atoms with Gasteiger partial charge in [0.25, 0.3) is 0 Å². The van der Waals surface area contributed by atoms with E-state index in [1.54, 1.807) is 13.0 Å². The average Bonchev–Trinajstić information content (AvgIpc) is 2.95. The molecule has 1 saturated carbocycles. The van der Waals surface area contributed by atoms with Gasteiger partial charge in [0.1, 0.15) is 17.8 Å². The molecule has 50 heavy (non-hydrogen) atoms. The SMILES string of the molecule is CC(=O)OC1CC(C)=C(C=CC(C)=CC=CC(C)=CC=CC=C(C)C=CC=C(C)C=CC2(O)C(C)(C)CC(OC(C)=O)CC2(C)O)C(C)(C)C1. The largest absolute Gasteiger partial charge is 0.462 e. The van der Waals surface area contributed by atoms with Crippen LogP contribution in [-0.2, 0) is 19.1 Å². The molecule has 0 aliphatic heterocycles. The van der Waals surface area contributed by atoms with Crippen molar-refractivity contribution in [3.8, 4) is 0 Å². The van der Waals surface area contributed by atoms with Gasteiger partial charge >= 0.3 is 11.9 Å². The van der Waals surface area contributed by atoms with Crippen LogP contribution in [0.3, 0.4) is 0 Å². The first-order valence-electron chi connectivity index (χ1n) is 17.7. The summed E-state index contributed by atoms with van der Waals surface area (Å²) in [6.45, 7) is 22.9. The van der Waals surface area contributed by atoms with Gasteiger partial charge in [-0.3, -0.25) is 9.59 Å². The van der Waals surface area contributed by atoms with E-state index in [0.717, 1.165) is 35.1 Å². The topological polar surface area (TPSA) is 93.1 Å². The maximum absolute atomic E-state index is 11.6. The fraction of sp³-hybridized carbons (Fsp3) is 0.500. The average molecular weight is 687 g/mol. The predicted molar refractivity (Wildman–Crippen MR) is 206 cm³/mol. The molecule has 2 aliphatic carbocycles. The van der Waals surface area contributed by atoms with Gasteiger partial charge in [-0.2, -0.15) is 0 Å². The summed E-state index contributed by atoms with van der Waals surface area (Å²) in [5.41, 5.74) is 3.15. The van der Waals surface area contributed by atoms with Crippen LogP contribution in [-0.4, -0.2) is 45.6 Å². The molecule has 2 aliphatic rings. The smallest absolute Gasteiger partial charge is 0.302 e. The number of hydrogen-bond acceptors (Lipinski definition) is 6. The Kier molecular flexibility index (Phi) is 15.2. The second kappa shape index (κ2) is 18.0. The van der Waals surface area contributed by atoms with Gasteiger partial charge < -0.3 is 19.7 Å². The Balaban J connectivity index is 1.96. The lowest BCUT2D eigenvalue weighted by atomic mass is 9.57. The lowest BCUT2D eigenvalue weighted by Gasteiger charge is -2.55. The highest BCUT2D eigenvalue weighted by Gasteiger charge is 2.59. The van der Waals surface area contributed by atoms with Crippen LogP contribution < -0.4 is 0 Å². The normalized spacial score (nSPS) is 28.5. The van der Waals surface area contributed by atoms with Gasteiger partial charge in [-0.25, -0.2) is 0 Å². The number of allylic oxidation sites excluding steroid dienone is 18. The van der Waals surface area contributed by atoms with E-state index in [-0.39, 0.29) is 29.9 Å². The summed E-state index contributed by atoms with van der Waals surface area (Å²) in [5, 5.41) is 22.8. The van der Waals surface area contributed by atoms with E-state index in [1.807, 2.05) is 70.2 Å². The molecule has 274 valence electrons. The van der Waals surface area contributed by atoms with Crippen LogP contribution in [0.2, 0.25) is 0 Å². The number of ether oxygens (including phenoxy) is 2. The molecule has 1 fully saturated rings. The molecule has 6 heteroatoms. The van der Waals surface area contributed by atoms with E-state index < -0.39 is 22.7 Å². The van der Waals surface area contributed by atoms with Crippen molar-refractivity contribution in [1.29, 1.82) is 0 Å². The summed E-state index contributed by atoms with van der Waals surface area (Å²) in [5.74, 6) is -0.603. The highest BCUT2D eigenvalue weighted by molar-refractivity contribution is 5.66. The van der Waals surface area contributed by atoms with E-state index in [1.165, 1.54) is 25.0 Å². The van der Waals surface area contributed by atoms with Crippen molar-refractivity contribution in [2.24, 2.45) is 10.8 Å². The van der Waals surface area contributed by atoms with Crippen LogP contribution in [0.15, 0.2) is 119 Å². The van der Waals surface area contributed by atoms with Gasteiger partial charge in [0, 0.05) is 32.1 Å². The fourth-order valence-electron chi connectivity index (χ4n) is 7.12. The van der Waals surface area contributed by atoms with Crippen LogP contribution in [0.1, 0.15) is 109 Å². The van der Waals surface area contributed by atoms with E-state index in [9.17, 15) is 19.8 Å². The third kappa shape index (κ3) is 12.5. The van der Waals surface area contributed by atoms with Gasteiger partial charge in [0.05, 0.1) is 5.60 Å². The minimum absolute atomic E-state index is 0.0530. The van der Waals surface area contributed by atoms with Crippen molar-refractivity contribution in [3.05, 3.63) is 119 Å². The summed E-state index contributed by atoms with van der Waals surface area (Å²) < 4.78 is 10.9.